The number of carbonyl (C=O) groups is 1. The summed E-state index contributed by atoms with van der Waals surface area (Å²) in [5, 5.41) is 3.15. The molecule has 2 atom stereocenters. The van der Waals surface area contributed by atoms with Crippen LogP contribution in [0.1, 0.15) is 42.5 Å². The van der Waals surface area contributed by atoms with Crippen molar-refractivity contribution in [1.29, 1.82) is 0 Å². The summed E-state index contributed by atoms with van der Waals surface area (Å²) in [7, 11) is 3.25. The maximum Gasteiger partial charge on any atom is 0.318 e. The molecule has 2 aliphatic rings. The second-order valence-electron chi connectivity index (χ2n) is 7.28. The quantitative estimate of drug-likeness (QED) is 0.768. The van der Waals surface area contributed by atoms with Gasteiger partial charge < -0.3 is 19.7 Å². The van der Waals surface area contributed by atoms with Crippen LogP contribution in [0.3, 0.4) is 0 Å². The minimum Gasteiger partial charge on any atom is -0.497 e. The van der Waals surface area contributed by atoms with E-state index >= 15 is 0 Å². The molecule has 2 amide bonds. The molecule has 0 spiro atoms. The molecule has 2 aromatic carbocycles. The zero-order valence-electron chi connectivity index (χ0n) is 16.6. The van der Waals surface area contributed by atoms with Crippen LogP contribution >= 0.6 is 11.8 Å². The van der Waals surface area contributed by atoms with E-state index in [4.69, 9.17) is 9.47 Å². The molecule has 1 N–H and O–H groups in total. The zero-order chi connectivity index (χ0) is 20.4. The molecule has 2 unspecified atom stereocenters. The molecular weight excluding hydrogens is 391 g/mol. The summed E-state index contributed by atoms with van der Waals surface area (Å²) in [6, 6.07) is 10.2. The standard InChI is InChI=1S/C22H25FN2O3S/c1-27-15-6-7-16(20(13-15)28-2)19-4-3-10-25(19)22(26)24-18-9-11-29-21-8-5-14(23)12-17(18)21/h5-8,12-13,18-19H,3-4,9-11H2,1-2H3,(H,24,26). The predicted octanol–water partition coefficient (Wildman–Crippen LogP) is 4.93. The zero-order valence-corrected chi connectivity index (χ0v) is 17.4. The van der Waals surface area contributed by atoms with Gasteiger partial charge in [-0.25, -0.2) is 9.18 Å². The number of urea groups is 1. The Hall–Kier alpha value is -2.41. The van der Waals surface area contributed by atoms with Crippen LogP contribution in [0.2, 0.25) is 0 Å². The number of amides is 2. The van der Waals surface area contributed by atoms with Gasteiger partial charge in [-0.1, -0.05) is 0 Å². The summed E-state index contributed by atoms with van der Waals surface area (Å²) in [5.41, 5.74) is 1.85. The number of benzene rings is 2. The van der Waals surface area contributed by atoms with E-state index in [0.717, 1.165) is 52.5 Å². The molecule has 5 nitrogen and oxygen atoms in total. The number of thioether (sulfide) groups is 1. The van der Waals surface area contributed by atoms with E-state index < -0.39 is 0 Å². The van der Waals surface area contributed by atoms with Crippen LogP contribution in [-0.4, -0.2) is 37.4 Å². The van der Waals surface area contributed by atoms with Gasteiger partial charge in [0.05, 0.1) is 26.3 Å². The van der Waals surface area contributed by atoms with E-state index in [9.17, 15) is 9.18 Å². The Kier molecular flexibility index (Phi) is 5.85. The van der Waals surface area contributed by atoms with Crippen molar-refractivity contribution in [2.75, 3.05) is 26.5 Å². The lowest BCUT2D eigenvalue weighted by Crippen LogP contribution is -2.42. The summed E-state index contributed by atoms with van der Waals surface area (Å²) >= 11 is 1.71. The van der Waals surface area contributed by atoms with Crippen LogP contribution in [0.4, 0.5) is 9.18 Å². The summed E-state index contributed by atoms with van der Waals surface area (Å²) in [6.45, 7) is 0.684. The maximum atomic E-state index is 13.8. The van der Waals surface area contributed by atoms with Gasteiger partial charge in [0.2, 0.25) is 0 Å². The Morgan fingerprint density at radius 2 is 2.00 bits per heavy atom. The average Bonchev–Trinajstić information content (AvgIpc) is 3.23. The molecule has 2 heterocycles. The highest BCUT2D eigenvalue weighted by Gasteiger charge is 2.34. The van der Waals surface area contributed by atoms with E-state index in [-0.39, 0.29) is 23.9 Å². The van der Waals surface area contributed by atoms with E-state index in [0.29, 0.717) is 6.54 Å². The van der Waals surface area contributed by atoms with Crippen molar-refractivity contribution in [2.45, 2.75) is 36.2 Å². The Morgan fingerprint density at radius 1 is 1.14 bits per heavy atom. The first-order valence-corrected chi connectivity index (χ1v) is 10.8. The Bertz CT molecular complexity index is 908. The minimum atomic E-state index is -0.271. The van der Waals surface area contributed by atoms with Gasteiger partial charge in [0, 0.05) is 28.8 Å². The van der Waals surface area contributed by atoms with Gasteiger partial charge in [0.25, 0.3) is 0 Å². The van der Waals surface area contributed by atoms with E-state index in [1.165, 1.54) is 6.07 Å². The fourth-order valence-corrected chi connectivity index (χ4v) is 5.28. The molecule has 154 valence electrons. The third-order valence-electron chi connectivity index (χ3n) is 5.62. The van der Waals surface area contributed by atoms with E-state index in [1.807, 2.05) is 23.1 Å². The van der Waals surface area contributed by atoms with Crippen LogP contribution in [0, 0.1) is 5.82 Å². The summed E-state index contributed by atoms with van der Waals surface area (Å²) in [6.07, 6.45) is 2.60. The van der Waals surface area contributed by atoms with Crippen LogP contribution in [0.5, 0.6) is 11.5 Å². The highest BCUT2D eigenvalue weighted by Crippen LogP contribution is 2.40. The molecule has 0 aromatic heterocycles. The maximum absolute atomic E-state index is 13.8. The lowest BCUT2D eigenvalue weighted by atomic mass is 10.0. The summed E-state index contributed by atoms with van der Waals surface area (Å²) in [4.78, 5) is 16.1. The van der Waals surface area contributed by atoms with Crippen molar-refractivity contribution >= 4 is 17.8 Å². The number of likely N-dealkylation sites (tertiary alicyclic amines) is 1. The molecule has 4 rings (SSSR count). The Morgan fingerprint density at radius 3 is 2.79 bits per heavy atom. The molecular formula is C22H25FN2O3S. The lowest BCUT2D eigenvalue weighted by molar-refractivity contribution is 0.187. The van der Waals surface area contributed by atoms with Gasteiger partial charge in [-0.15, -0.1) is 11.8 Å². The van der Waals surface area contributed by atoms with Crippen molar-refractivity contribution in [3.63, 3.8) is 0 Å². The van der Waals surface area contributed by atoms with Gasteiger partial charge in [-0.3, -0.25) is 0 Å². The fraction of sp³-hybridized carbons (Fsp3) is 0.409. The SMILES string of the molecule is COc1ccc(C2CCCN2C(=O)NC2CCSc3ccc(F)cc32)c(OC)c1. The fourth-order valence-electron chi connectivity index (χ4n) is 4.17. The highest BCUT2D eigenvalue weighted by molar-refractivity contribution is 7.99. The second kappa shape index (κ2) is 8.53. The molecule has 0 saturated carbocycles. The number of halogens is 1. The predicted molar refractivity (Wildman–Crippen MR) is 111 cm³/mol. The smallest absolute Gasteiger partial charge is 0.318 e. The van der Waals surface area contributed by atoms with Gasteiger partial charge >= 0.3 is 6.03 Å². The first kappa shape index (κ1) is 19.9. The molecule has 29 heavy (non-hydrogen) atoms. The summed E-state index contributed by atoms with van der Waals surface area (Å²) < 4.78 is 24.6. The van der Waals surface area contributed by atoms with Crippen molar-refractivity contribution in [3.8, 4) is 11.5 Å². The number of hydrogen-bond donors (Lipinski definition) is 1. The van der Waals surface area contributed by atoms with Crippen molar-refractivity contribution in [2.24, 2.45) is 0 Å². The topological polar surface area (TPSA) is 50.8 Å². The van der Waals surface area contributed by atoms with Crippen molar-refractivity contribution < 1.29 is 18.7 Å². The molecule has 0 bridgehead atoms. The number of rotatable bonds is 4. The van der Waals surface area contributed by atoms with Crippen molar-refractivity contribution in [3.05, 3.63) is 53.3 Å². The summed E-state index contributed by atoms with van der Waals surface area (Å²) in [5.74, 6) is 2.07. The highest BCUT2D eigenvalue weighted by atomic mass is 32.2. The Labute approximate surface area is 174 Å². The van der Waals surface area contributed by atoms with Crippen LogP contribution in [-0.2, 0) is 0 Å². The second-order valence-corrected chi connectivity index (χ2v) is 8.42. The molecule has 0 aliphatic carbocycles. The monoisotopic (exact) mass is 416 g/mol. The molecule has 7 heteroatoms. The van der Waals surface area contributed by atoms with Crippen LogP contribution in [0.25, 0.3) is 0 Å². The third-order valence-corrected chi connectivity index (χ3v) is 6.74. The number of methoxy groups -OCH3 is 2. The number of ether oxygens (including phenoxy) is 2. The number of nitrogens with one attached hydrogen (secondary N) is 1. The van der Waals surface area contributed by atoms with Crippen LogP contribution < -0.4 is 14.8 Å². The van der Waals surface area contributed by atoms with Gasteiger partial charge in [0.15, 0.2) is 0 Å². The average molecular weight is 417 g/mol. The number of hydrogen-bond acceptors (Lipinski definition) is 4. The first-order valence-electron chi connectivity index (χ1n) is 9.82. The van der Waals surface area contributed by atoms with Gasteiger partial charge in [-0.2, -0.15) is 0 Å². The van der Waals surface area contributed by atoms with Gasteiger partial charge in [0.1, 0.15) is 17.3 Å². The molecule has 0 radical (unpaired) electrons. The lowest BCUT2D eigenvalue weighted by Gasteiger charge is -2.31. The van der Waals surface area contributed by atoms with Gasteiger partial charge in [-0.05, 0) is 55.2 Å². The van der Waals surface area contributed by atoms with Crippen LogP contribution in [0.15, 0.2) is 41.3 Å². The van der Waals surface area contributed by atoms with Crippen molar-refractivity contribution in [1.82, 2.24) is 10.2 Å². The van der Waals surface area contributed by atoms with E-state index in [2.05, 4.69) is 5.32 Å². The molecule has 1 saturated heterocycles. The molecule has 2 aromatic rings. The number of carbonyl (C=O) groups excluding carboxylic acids is 1. The third kappa shape index (κ3) is 4.01. The molecule has 1 fully saturated rings. The number of nitrogens with zero attached hydrogens (tertiary/aromatic N) is 1. The van der Waals surface area contributed by atoms with E-state index in [1.54, 1.807) is 38.1 Å². The largest absolute Gasteiger partial charge is 0.497 e. The normalized spacial score (nSPS) is 20.9. The Balaban J connectivity index is 1.55. The minimum absolute atomic E-state index is 0.0548. The first-order chi connectivity index (χ1) is 14.1. The molecule has 2 aliphatic heterocycles. The number of fused-ring (bicyclic) bond motifs is 1.